The molecule has 10 heteroatoms. The number of thiazole rings is 1. The van der Waals surface area contributed by atoms with Crippen molar-refractivity contribution >= 4 is 34.5 Å². The van der Waals surface area contributed by atoms with Gasteiger partial charge in [0.05, 0.1) is 30.5 Å². The van der Waals surface area contributed by atoms with E-state index in [1.165, 1.54) is 37.8 Å². The largest absolute Gasteiger partial charge is 0.497 e. The van der Waals surface area contributed by atoms with Crippen molar-refractivity contribution in [2.45, 2.75) is 20.0 Å². The molecule has 31 heavy (non-hydrogen) atoms. The van der Waals surface area contributed by atoms with Gasteiger partial charge in [-0.25, -0.2) is 4.98 Å². The van der Waals surface area contributed by atoms with Gasteiger partial charge >= 0.3 is 6.18 Å². The first-order valence-electron chi connectivity index (χ1n) is 9.09. The second kappa shape index (κ2) is 10.5. The zero-order chi connectivity index (χ0) is 23.2. The van der Waals surface area contributed by atoms with Gasteiger partial charge in [0.25, 0.3) is 5.91 Å². The first-order chi connectivity index (χ1) is 14.7. The average Bonchev–Trinajstić information content (AvgIpc) is 3.25. The lowest BCUT2D eigenvalue weighted by atomic mass is 10.1. The number of rotatable bonds is 5. The fourth-order valence-electron chi connectivity index (χ4n) is 2.51. The van der Waals surface area contributed by atoms with E-state index >= 15 is 0 Å². The summed E-state index contributed by atoms with van der Waals surface area (Å²) in [6, 6.07) is 9.22. The van der Waals surface area contributed by atoms with Crippen LogP contribution in [-0.4, -0.2) is 25.1 Å². The van der Waals surface area contributed by atoms with E-state index in [2.05, 4.69) is 10.3 Å². The summed E-state index contributed by atoms with van der Waals surface area (Å²) >= 11 is 6.70. The lowest BCUT2D eigenvalue weighted by Gasteiger charge is -2.11. The highest BCUT2D eigenvalue weighted by molar-refractivity contribution is 7.10. The van der Waals surface area contributed by atoms with Crippen molar-refractivity contribution in [2.24, 2.45) is 0 Å². The maximum absolute atomic E-state index is 12.7. The molecule has 0 aliphatic carbocycles. The quantitative estimate of drug-likeness (QED) is 0.444. The summed E-state index contributed by atoms with van der Waals surface area (Å²) in [5.41, 5.74) is 1.09. The molecule has 0 spiro atoms. The van der Waals surface area contributed by atoms with Gasteiger partial charge in [0.1, 0.15) is 11.5 Å². The second-order valence-corrected chi connectivity index (χ2v) is 7.02. The molecule has 0 bridgehead atoms. The Kier molecular flexibility index (Phi) is 8.29. The number of anilines is 1. The Balaban J connectivity index is 0.00000166. The predicted octanol–water partition coefficient (Wildman–Crippen LogP) is 6.78. The molecule has 5 nitrogen and oxygen atoms in total. The van der Waals surface area contributed by atoms with Gasteiger partial charge in [-0.2, -0.15) is 13.2 Å². The highest BCUT2D eigenvalue weighted by Crippen LogP contribution is 2.37. The van der Waals surface area contributed by atoms with Crippen LogP contribution in [0.15, 0.2) is 41.8 Å². The molecule has 3 rings (SSSR count). The molecule has 1 N–H and O–H groups in total. The van der Waals surface area contributed by atoms with Gasteiger partial charge in [0, 0.05) is 22.7 Å². The highest BCUT2D eigenvalue weighted by Gasteiger charge is 2.34. The average molecular weight is 473 g/mol. The molecule has 2 aromatic carbocycles. The van der Waals surface area contributed by atoms with E-state index in [1.807, 2.05) is 13.8 Å². The molecule has 1 heterocycles. The maximum atomic E-state index is 12.7. The van der Waals surface area contributed by atoms with Crippen molar-refractivity contribution in [3.05, 3.63) is 57.4 Å². The summed E-state index contributed by atoms with van der Waals surface area (Å²) in [6.45, 7) is 4.00. The summed E-state index contributed by atoms with van der Waals surface area (Å²) in [5.74, 6) is 0.417. The summed E-state index contributed by atoms with van der Waals surface area (Å²) < 4.78 is 48.5. The minimum absolute atomic E-state index is 0.113. The van der Waals surface area contributed by atoms with Crippen molar-refractivity contribution in [3.8, 4) is 22.8 Å². The zero-order valence-electron chi connectivity index (χ0n) is 17.1. The van der Waals surface area contributed by atoms with E-state index in [9.17, 15) is 18.0 Å². The molecule has 0 fully saturated rings. The number of nitrogens with zero attached hydrogens (tertiary/aromatic N) is 1. The van der Waals surface area contributed by atoms with Crippen LogP contribution in [0, 0.1) is 0 Å². The Labute approximate surface area is 186 Å². The van der Waals surface area contributed by atoms with E-state index in [1.54, 1.807) is 18.2 Å². The van der Waals surface area contributed by atoms with Gasteiger partial charge in [-0.05, 0) is 30.3 Å². The molecule has 0 aliphatic heterocycles. The number of alkyl halides is 3. The lowest BCUT2D eigenvalue weighted by molar-refractivity contribution is -0.137. The van der Waals surface area contributed by atoms with Crippen molar-refractivity contribution < 1.29 is 27.4 Å². The molecule has 0 atom stereocenters. The second-order valence-electron chi connectivity index (χ2n) is 5.75. The van der Waals surface area contributed by atoms with Gasteiger partial charge < -0.3 is 14.8 Å². The Bertz CT molecular complexity index is 1050. The number of carbonyl (C=O) groups excluding carboxylic acids is 1. The summed E-state index contributed by atoms with van der Waals surface area (Å²) in [5, 5.41) is 3.16. The monoisotopic (exact) mass is 472 g/mol. The van der Waals surface area contributed by atoms with Crippen molar-refractivity contribution in [2.75, 3.05) is 19.5 Å². The van der Waals surface area contributed by atoms with Crippen LogP contribution in [0.5, 0.6) is 11.5 Å². The minimum Gasteiger partial charge on any atom is -0.497 e. The molecule has 0 radical (unpaired) electrons. The zero-order valence-corrected chi connectivity index (χ0v) is 18.7. The molecule has 0 aliphatic rings. The molecule has 166 valence electrons. The van der Waals surface area contributed by atoms with Gasteiger partial charge in [-0.1, -0.05) is 25.4 Å². The SMILES string of the molecule is CC.COc1ccc(C(=O)Nc2ccc(-c3csc(C(F)(F)F)n3)c(Cl)c2)c(OC)c1. The summed E-state index contributed by atoms with van der Waals surface area (Å²) in [4.78, 5) is 16.1. The smallest absolute Gasteiger partial charge is 0.443 e. The molecular weight excluding hydrogens is 453 g/mol. The number of benzene rings is 2. The number of methoxy groups -OCH3 is 2. The number of hydrogen-bond acceptors (Lipinski definition) is 5. The van der Waals surface area contributed by atoms with Crippen LogP contribution >= 0.6 is 22.9 Å². The van der Waals surface area contributed by atoms with Crippen LogP contribution in [0.3, 0.4) is 0 Å². The van der Waals surface area contributed by atoms with E-state index in [0.717, 1.165) is 0 Å². The third-order valence-corrected chi connectivity index (χ3v) is 5.10. The van der Waals surface area contributed by atoms with Gasteiger partial charge in [0.15, 0.2) is 5.01 Å². The van der Waals surface area contributed by atoms with Gasteiger partial charge in [-0.3, -0.25) is 4.79 Å². The molecule has 0 saturated heterocycles. The third-order valence-electron chi connectivity index (χ3n) is 3.90. The predicted molar refractivity (Wildman–Crippen MR) is 116 cm³/mol. The molecule has 3 aromatic rings. The maximum Gasteiger partial charge on any atom is 0.443 e. The van der Waals surface area contributed by atoms with Crippen LogP contribution in [0.1, 0.15) is 29.2 Å². The fraction of sp³-hybridized carbons (Fsp3) is 0.238. The van der Waals surface area contributed by atoms with Crippen LogP contribution in [0.25, 0.3) is 11.3 Å². The first-order valence-corrected chi connectivity index (χ1v) is 10.3. The first kappa shape index (κ1) is 24.5. The minimum atomic E-state index is -4.51. The van der Waals surface area contributed by atoms with E-state index in [4.69, 9.17) is 21.1 Å². The Morgan fingerprint density at radius 2 is 1.81 bits per heavy atom. The van der Waals surface area contributed by atoms with E-state index < -0.39 is 17.1 Å². The van der Waals surface area contributed by atoms with Crippen molar-refractivity contribution in [1.82, 2.24) is 4.98 Å². The van der Waals surface area contributed by atoms with Crippen LogP contribution in [0.2, 0.25) is 5.02 Å². The normalized spacial score (nSPS) is 10.7. The Morgan fingerprint density at radius 3 is 2.35 bits per heavy atom. The molecule has 1 aromatic heterocycles. The van der Waals surface area contributed by atoms with Crippen molar-refractivity contribution in [3.63, 3.8) is 0 Å². The number of carbonyl (C=O) groups is 1. The van der Waals surface area contributed by atoms with E-state index in [0.29, 0.717) is 34.1 Å². The highest BCUT2D eigenvalue weighted by atomic mass is 35.5. The van der Waals surface area contributed by atoms with Gasteiger partial charge in [0.2, 0.25) is 0 Å². The third kappa shape index (κ3) is 5.89. The number of ether oxygens (including phenoxy) is 2. The van der Waals surface area contributed by atoms with Gasteiger partial charge in [-0.15, -0.1) is 11.3 Å². The number of aromatic nitrogens is 1. The number of nitrogens with one attached hydrogen (secondary N) is 1. The molecule has 1 amide bonds. The molecule has 0 saturated carbocycles. The van der Waals surface area contributed by atoms with Crippen LogP contribution < -0.4 is 14.8 Å². The number of hydrogen-bond donors (Lipinski definition) is 1. The van der Waals surface area contributed by atoms with Crippen molar-refractivity contribution in [1.29, 1.82) is 0 Å². The number of halogens is 4. The summed E-state index contributed by atoms with van der Waals surface area (Å²) in [6.07, 6.45) is -4.51. The lowest BCUT2D eigenvalue weighted by Crippen LogP contribution is -2.13. The standard InChI is InChI=1S/C19H14ClF3N2O3S.C2H6/c1-27-11-4-6-13(16(8-11)28-2)17(26)24-10-3-5-12(14(20)7-10)15-9-29-18(25-15)19(21,22)23;1-2/h3-9H,1-2H3,(H,24,26);1-2H3. The Hall–Kier alpha value is -2.78. The molecular formula is C21H20ClF3N2O3S. The molecule has 0 unspecified atom stereocenters. The summed E-state index contributed by atoms with van der Waals surface area (Å²) in [7, 11) is 2.93. The Morgan fingerprint density at radius 1 is 1.10 bits per heavy atom. The van der Waals surface area contributed by atoms with E-state index in [-0.39, 0.29) is 16.3 Å². The number of amides is 1. The van der Waals surface area contributed by atoms with Crippen LogP contribution in [0.4, 0.5) is 18.9 Å². The van der Waals surface area contributed by atoms with Crippen LogP contribution in [-0.2, 0) is 6.18 Å². The topological polar surface area (TPSA) is 60.5 Å². The fourth-order valence-corrected chi connectivity index (χ4v) is 3.48.